The zero-order valence-corrected chi connectivity index (χ0v) is 9.07. The van der Waals surface area contributed by atoms with Crippen LogP contribution in [0.2, 0.25) is 0 Å². The summed E-state index contributed by atoms with van der Waals surface area (Å²) in [4.78, 5) is 8.88. The first-order chi connectivity index (χ1) is 7.22. The number of hydrogen-bond donors (Lipinski definition) is 1. The van der Waals surface area contributed by atoms with Crippen LogP contribution in [0.3, 0.4) is 0 Å². The smallest absolute Gasteiger partial charge is 0.142 e. The molecule has 1 aromatic heterocycles. The Bertz CT molecular complexity index is 477. The lowest BCUT2D eigenvalue weighted by Crippen LogP contribution is -2.07. The van der Waals surface area contributed by atoms with Gasteiger partial charge in [-0.05, 0) is 12.0 Å². The van der Waals surface area contributed by atoms with Crippen LogP contribution < -0.4 is 5.73 Å². The second-order valence-corrected chi connectivity index (χ2v) is 3.90. The van der Waals surface area contributed by atoms with Gasteiger partial charge in [0.15, 0.2) is 0 Å². The lowest BCUT2D eigenvalue weighted by Gasteiger charge is -2.10. The van der Waals surface area contributed by atoms with Crippen LogP contribution >= 0.6 is 0 Å². The summed E-state index contributed by atoms with van der Waals surface area (Å²) in [6.45, 7) is 4.66. The standard InChI is InChI=1S/C12H15N3/c1-8(2)12-9-5-3-4-6-10(9)14-11(7-13)15-12/h3-6,8H,7,13H2,1-2H3. The number of aromatic nitrogens is 2. The Morgan fingerprint density at radius 1 is 1.20 bits per heavy atom. The number of rotatable bonds is 2. The van der Waals surface area contributed by atoms with Crippen LogP contribution in [0, 0.1) is 0 Å². The normalized spacial score (nSPS) is 11.2. The predicted molar refractivity (Wildman–Crippen MR) is 61.5 cm³/mol. The summed E-state index contributed by atoms with van der Waals surface area (Å²) in [5.41, 5.74) is 7.65. The van der Waals surface area contributed by atoms with Crippen LogP contribution in [0.25, 0.3) is 10.9 Å². The highest BCUT2D eigenvalue weighted by Crippen LogP contribution is 2.22. The molecule has 2 aromatic rings. The predicted octanol–water partition coefficient (Wildman–Crippen LogP) is 2.21. The van der Waals surface area contributed by atoms with Crippen molar-refractivity contribution < 1.29 is 0 Å². The molecule has 0 saturated heterocycles. The van der Waals surface area contributed by atoms with Gasteiger partial charge in [-0.3, -0.25) is 0 Å². The van der Waals surface area contributed by atoms with Crippen molar-refractivity contribution in [3.63, 3.8) is 0 Å². The lowest BCUT2D eigenvalue weighted by molar-refractivity contribution is 0.798. The van der Waals surface area contributed by atoms with Gasteiger partial charge in [-0.1, -0.05) is 32.0 Å². The highest BCUT2D eigenvalue weighted by Gasteiger charge is 2.09. The van der Waals surface area contributed by atoms with Gasteiger partial charge < -0.3 is 5.73 Å². The second kappa shape index (κ2) is 3.95. The summed E-state index contributed by atoms with van der Waals surface area (Å²) >= 11 is 0. The van der Waals surface area contributed by atoms with Crippen molar-refractivity contribution in [2.45, 2.75) is 26.3 Å². The first-order valence-corrected chi connectivity index (χ1v) is 5.18. The van der Waals surface area contributed by atoms with Crippen molar-refractivity contribution in [3.8, 4) is 0 Å². The van der Waals surface area contributed by atoms with E-state index in [0.717, 1.165) is 22.4 Å². The van der Waals surface area contributed by atoms with E-state index < -0.39 is 0 Å². The molecular weight excluding hydrogens is 186 g/mol. The molecule has 2 rings (SSSR count). The van der Waals surface area contributed by atoms with Crippen molar-refractivity contribution in [2.75, 3.05) is 0 Å². The molecule has 0 atom stereocenters. The summed E-state index contributed by atoms with van der Waals surface area (Å²) in [6, 6.07) is 8.06. The number of fused-ring (bicyclic) bond motifs is 1. The zero-order valence-electron chi connectivity index (χ0n) is 9.07. The Balaban J connectivity index is 2.74. The van der Waals surface area contributed by atoms with Gasteiger partial charge in [-0.15, -0.1) is 0 Å². The van der Waals surface area contributed by atoms with Gasteiger partial charge in [-0.2, -0.15) is 0 Å². The van der Waals surface area contributed by atoms with Gasteiger partial charge in [-0.25, -0.2) is 9.97 Å². The number of nitrogens with two attached hydrogens (primary N) is 1. The maximum atomic E-state index is 5.58. The quantitative estimate of drug-likeness (QED) is 0.810. The van der Waals surface area contributed by atoms with Crippen molar-refractivity contribution in [3.05, 3.63) is 35.8 Å². The third kappa shape index (κ3) is 1.83. The average Bonchev–Trinajstić information content (AvgIpc) is 2.27. The van der Waals surface area contributed by atoms with Crippen LogP contribution in [0.15, 0.2) is 24.3 Å². The minimum Gasteiger partial charge on any atom is -0.324 e. The van der Waals surface area contributed by atoms with Crippen LogP contribution in [0.5, 0.6) is 0 Å². The maximum absolute atomic E-state index is 5.58. The van der Waals surface area contributed by atoms with Gasteiger partial charge >= 0.3 is 0 Å². The topological polar surface area (TPSA) is 51.8 Å². The monoisotopic (exact) mass is 201 g/mol. The molecule has 3 heteroatoms. The fraction of sp³-hybridized carbons (Fsp3) is 0.333. The Morgan fingerprint density at radius 2 is 1.93 bits per heavy atom. The molecule has 0 radical (unpaired) electrons. The van der Waals surface area contributed by atoms with Crippen LogP contribution in [0.4, 0.5) is 0 Å². The third-order valence-electron chi connectivity index (χ3n) is 2.41. The molecule has 1 heterocycles. The van der Waals surface area contributed by atoms with E-state index in [1.54, 1.807) is 0 Å². The summed E-state index contributed by atoms with van der Waals surface area (Å²) in [7, 11) is 0. The molecule has 15 heavy (non-hydrogen) atoms. The molecule has 1 aromatic carbocycles. The number of benzene rings is 1. The molecule has 0 amide bonds. The van der Waals surface area contributed by atoms with Crippen LogP contribution in [-0.4, -0.2) is 9.97 Å². The Morgan fingerprint density at radius 3 is 2.60 bits per heavy atom. The fourth-order valence-electron chi connectivity index (χ4n) is 1.68. The minimum atomic E-state index is 0.392. The summed E-state index contributed by atoms with van der Waals surface area (Å²) < 4.78 is 0. The average molecular weight is 201 g/mol. The van der Waals surface area contributed by atoms with E-state index in [2.05, 4.69) is 29.9 Å². The minimum absolute atomic E-state index is 0.392. The second-order valence-electron chi connectivity index (χ2n) is 3.90. The summed E-state index contributed by atoms with van der Waals surface area (Å²) in [6.07, 6.45) is 0. The molecule has 0 fully saturated rings. The maximum Gasteiger partial charge on any atom is 0.142 e. The SMILES string of the molecule is CC(C)c1nc(CN)nc2ccccc12. The van der Waals surface area contributed by atoms with Crippen molar-refractivity contribution in [1.82, 2.24) is 9.97 Å². The van der Waals surface area contributed by atoms with E-state index in [9.17, 15) is 0 Å². The first kappa shape index (κ1) is 10.1. The Hall–Kier alpha value is -1.48. The van der Waals surface area contributed by atoms with E-state index in [4.69, 9.17) is 5.73 Å². The molecule has 0 aliphatic heterocycles. The first-order valence-electron chi connectivity index (χ1n) is 5.18. The number of para-hydroxylation sites is 1. The molecule has 0 bridgehead atoms. The molecule has 0 spiro atoms. The van der Waals surface area contributed by atoms with Gasteiger partial charge in [0.05, 0.1) is 17.8 Å². The summed E-state index contributed by atoms with van der Waals surface area (Å²) in [5.74, 6) is 1.11. The Labute approximate surface area is 89.4 Å². The zero-order chi connectivity index (χ0) is 10.8. The highest BCUT2D eigenvalue weighted by atomic mass is 14.9. The largest absolute Gasteiger partial charge is 0.324 e. The molecule has 0 saturated carbocycles. The van der Waals surface area contributed by atoms with E-state index in [0.29, 0.717) is 12.5 Å². The van der Waals surface area contributed by atoms with Crippen LogP contribution in [0.1, 0.15) is 31.3 Å². The number of nitrogens with zero attached hydrogens (tertiary/aromatic N) is 2. The molecular formula is C12H15N3. The Kier molecular flexibility index (Phi) is 2.64. The highest BCUT2D eigenvalue weighted by molar-refractivity contribution is 5.81. The van der Waals surface area contributed by atoms with E-state index in [1.165, 1.54) is 0 Å². The van der Waals surface area contributed by atoms with E-state index >= 15 is 0 Å². The van der Waals surface area contributed by atoms with Crippen LogP contribution in [-0.2, 0) is 6.54 Å². The van der Waals surface area contributed by atoms with Crippen molar-refractivity contribution in [1.29, 1.82) is 0 Å². The third-order valence-corrected chi connectivity index (χ3v) is 2.41. The van der Waals surface area contributed by atoms with Gasteiger partial charge in [0, 0.05) is 5.39 Å². The van der Waals surface area contributed by atoms with Gasteiger partial charge in [0.1, 0.15) is 5.82 Å². The van der Waals surface area contributed by atoms with Crippen molar-refractivity contribution in [2.24, 2.45) is 5.73 Å². The molecule has 3 nitrogen and oxygen atoms in total. The van der Waals surface area contributed by atoms with Gasteiger partial charge in [0.25, 0.3) is 0 Å². The molecule has 78 valence electrons. The molecule has 0 unspecified atom stereocenters. The van der Waals surface area contributed by atoms with Crippen molar-refractivity contribution >= 4 is 10.9 Å². The number of hydrogen-bond acceptors (Lipinski definition) is 3. The van der Waals surface area contributed by atoms with E-state index in [-0.39, 0.29) is 0 Å². The molecule has 0 aliphatic rings. The molecule has 2 N–H and O–H groups in total. The lowest BCUT2D eigenvalue weighted by atomic mass is 10.0. The van der Waals surface area contributed by atoms with Gasteiger partial charge in [0.2, 0.25) is 0 Å². The van der Waals surface area contributed by atoms with E-state index in [1.807, 2.05) is 18.2 Å². The summed E-state index contributed by atoms with van der Waals surface area (Å²) in [5, 5.41) is 1.13. The fourth-order valence-corrected chi connectivity index (χ4v) is 1.68. The molecule has 0 aliphatic carbocycles.